The van der Waals surface area contributed by atoms with Gasteiger partial charge in [0.05, 0.1) is 36.4 Å². The number of nitrogens with zero attached hydrogens (tertiary/aromatic N) is 10. The molecule has 0 aliphatic rings. The molecule has 0 spiro atoms. The number of rotatable bonds is 2. The number of halogens is 10. The van der Waals surface area contributed by atoms with Gasteiger partial charge in [0.25, 0.3) is 4.80 Å². The van der Waals surface area contributed by atoms with E-state index in [2.05, 4.69) is 300 Å². The van der Waals surface area contributed by atoms with Gasteiger partial charge >= 0.3 is 5.97 Å². The summed E-state index contributed by atoms with van der Waals surface area (Å²) >= 11 is 34.0. The van der Waals surface area contributed by atoms with Crippen molar-refractivity contribution >= 4 is 209 Å². The van der Waals surface area contributed by atoms with E-state index in [4.69, 9.17) is 13.9 Å². The Hall–Kier alpha value is -5.26. The van der Waals surface area contributed by atoms with Crippen LogP contribution in [0.15, 0.2) is 279 Å². The Bertz CT molecular complexity index is 3860. The highest BCUT2D eigenvalue weighted by molar-refractivity contribution is 9.12. The monoisotopic (exact) mass is 1840 g/mol. The molecule has 13 aromatic rings. The fraction of sp³-hybridized carbons (Fsp3) is 0.0968. The summed E-state index contributed by atoms with van der Waals surface area (Å²) in [6, 6.07) is 48.3. The number of carbonyl (C=O) groups is 1. The smallest absolute Gasteiger partial charge is 0.374 e. The first-order chi connectivity index (χ1) is 42.2. The Balaban J connectivity index is 0.000000212. The summed E-state index contributed by atoms with van der Waals surface area (Å²) in [4.78, 5) is 34.4. The molecule has 0 N–H and O–H groups in total. The zero-order chi connectivity index (χ0) is 64.1. The minimum Gasteiger partial charge on any atom is -0.497 e. The number of aromatic nitrogens is 10. The molecule has 7 aromatic heterocycles. The Morgan fingerprint density at radius 2 is 1.19 bits per heavy atom. The topological polar surface area (TPSA) is 183 Å². The number of thiazole rings is 1. The Labute approximate surface area is 597 Å². The zero-order valence-electron chi connectivity index (χ0n) is 47.1. The summed E-state index contributed by atoms with van der Waals surface area (Å²) in [7, 11) is 3.56. The van der Waals surface area contributed by atoms with Crippen LogP contribution in [0.1, 0.15) is 31.3 Å². The largest absolute Gasteiger partial charge is 0.497 e. The lowest BCUT2D eigenvalue weighted by Crippen LogP contribution is -2.23. The molecule has 26 heteroatoms. The van der Waals surface area contributed by atoms with Gasteiger partial charge in [0, 0.05) is 83.4 Å². The fourth-order valence-corrected chi connectivity index (χ4v) is 9.71. The average molecular weight is 1850 g/mol. The van der Waals surface area contributed by atoms with E-state index in [0.29, 0.717) is 9.47 Å². The molecule has 0 amide bonds. The minimum absolute atomic E-state index is 0.210. The number of esters is 1. The molecule has 13 rings (SSSR count). The second kappa shape index (κ2) is 42.7. The van der Waals surface area contributed by atoms with E-state index < -0.39 is 11.6 Å². The second-order valence-corrected chi connectivity index (χ2v) is 27.2. The molecule has 88 heavy (non-hydrogen) atoms. The zero-order valence-corrected chi connectivity index (χ0v) is 63.7. The van der Waals surface area contributed by atoms with Gasteiger partial charge in [-0.25, -0.2) is 29.7 Å². The van der Waals surface area contributed by atoms with E-state index in [1.165, 1.54) is 44.9 Å². The third kappa shape index (κ3) is 33.0. The maximum absolute atomic E-state index is 11.3. The number of hydrogen-bond donors (Lipinski definition) is 0. The standard InChI is InChI=1S/C11H9BrO.2C10H7Br.C9H11BrO3.C4H3BrN2.C4H5BrN2.2C4H3BrN2.C3H2BrNO.C3H2BrNS/c1-13-11-5-3-8-6-10(12)4-2-9(8)7-11;11-10-7-3-5-8-4-1-2-6-9(8)10;11-10-6-5-8-3-1-2-4-9(8)7-10;1-9(2,3)13-8(11)6-4-5-7(10)12-6;5-4-1-6-3-7-2-4;1-7-3-2-4(5)6-7;5-4-3-6-1-2-7-4;5-4-1-2-6-7-3-4;2*4-3-5-1-2-6-3/h2-7H,1H3;2*1-7H;4-5H,1-3H3;1-3H;2-3H,1H3;2*1-3H;2*1-2H. The number of oxazole rings is 1. The van der Waals surface area contributed by atoms with Crippen molar-refractivity contribution in [2.45, 2.75) is 26.4 Å². The van der Waals surface area contributed by atoms with Gasteiger partial charge in [0.1, 0.15) is 33.1 Å². The Morgan fingerprint density at radius 3 is 1.62 bits per heavy atom. The maximum Gasteiger partial charge on any atom is 0.374 e. The number of benzene rings is 6. The van der Waals surface area contributed by atoms with Gasteiger partial charge in [0.2, 0.25) is 5.76 Å². The number of fused-ring (bicyclic) bond motifs is 3. The van der Waals surface area contributed by atoms with Crippen molar-refractivity contribution in [3.63, 3.8) is 0 Å². The predicted molar refractivity (Wildman–Crippen MR) is 387 cm³/mol. The number of carbonyl (C=O) groups excluding carboxylic acids is 1. The lowest BCUT2D eigenvalue weighted by molar-refractivity contribution is 0.00346. The van der Waals surface area contributed by atoms with Crippen molar-refractivity contribution in [3.8, 4) is 5.75 Å². The van der Waals surface area contributed by atoms with E-state index in [1.807, 2.05) is 81.9 Å². The normalized spacial score (nSPS) is 9.81. The molecular formula is C62H52Br10N10O5S. The first-order valence-electron chi connectivity index (χ1n) is 25.2. The molecule has 0 unspecified atom stereocenters. The van der Waals surface area contributed by atoms with E-state index in [0.717, 1.165) is 41.2 Å². The highest BCUT2D eigenvalue weighted by Gasteiger charge is 2.20. The van der Waals surface area contributed by atoms with Crippen LogP contribution in [0, 0.1) is 0 Å². The molecule has 0 bridgehead atoms. The number of methoxy groups -OCH3 is 1. The second-order valence-electron chi connectivity index (χ2n) is 17.4. The summed E-state index contributed by atoms with van der Waals surface area (Å²) in [5, 5.41) is 20.6. The van der Waals surface area contributed by atoms with E-state index in [9.17, 15) is 4.79 Å². The molecule has 0 aliphatic carbocycles. The van der Waals surface area contributed by atoms with Crippen molar-refractivity contribution < 1.29 is 23.1 Å². The van der Waals surface area contributed by atoms with Crippen molar-refractivity contribution in [1.29, 1.82) is 0 Å². The molecule has 0 radical (unpaired) electrons. The third-order valence-corrected chi connectivity index (χ3v) is 15.3. The number of furan rings is 1. The van der Waals surface area contributed by atoms with Gasteiger partial charge in [-0.05, 0) is 215 Å². The van der Waals surface area contributed by atoms with Crippen LogP contribution in [-0.4, -0.2) is 68.6 Å². The first kappa shape index (κ1) is 75.2. The average Bonchev–Trinajstić information content (AvgIpc) is 3.56. The number of aryl methyl sites for hydroxylation is 1. The molecule has 15 nitrogen and oxygen atoms in total. The summed E-state index contributed by atoms with van der Waals surface area (Å²) in [6.07, 6.45) is 19.7. The first-order valence-corrected chi connectivity index (χ1v) is 34.0. The quantitative estimate of drug-likeness (QED) is 0.149. The SMILES string of the molecule is Brc1ccc2ccccc2c1.Brc1cccc2ccccc12.Brc1ccnnc1.Brc1cnccn1.Brc1cncnc1.Brc1ncco1.Brc1nccs1.CC(C)(C)OC(=O)c1ccc(Br)o1.COc1ccc2cc(Br)ccc2c1.Cn1ccc(Br)n1. The lowest BCUT2D eigenvalue weighted by atomic mass is 10.1. The summed E-state index contributed by atoms with van der Waals surface area (Å²) in [5.41, 5.74) is -0.490. The fourth-order valence-electron chi connectivity index (χ4n) is 6.06. The summed E-state index contributed by atoms with van der Waals surface area (Å²) < 4.78 is 30.0. The maximum atomic E-state index is 11.3. The molecule has 0 saturated heterocycles. The minimum atomic E-state index is -0.490. The van der Waals surface area contributed by atoms with Crippen LogP contribution in [0.25, 0.3) is 32.3 Å². The molecule has 456 valence electrons. The van der Waals surface area contributed by atoms with Crippen molar-refractivity contribution in [2.75, 3.05) is 7.11 Å². The van der Waals surface area contributed by atoms with Gasteiger partial charge in [-0.2, -0.15) is 15.3 Å². The van der Waals surface area contributed by atoms with Crippen LogP contribution in [0.3, 0.4) is 0 Å². The van der Waals surface area contributed by atoms with E-state index >= 15 is 0 Å². The van der Waals surface area contributed by atoms with E-state index in [-0.39, 0.29) is 5.76 Å². The predicted octanol–water partition coefficient (Wildman–Crippen LogP) is 22.1. The van der Waals surface area contributed by atoms with E-state index in [1.54, 1.807) is 91.0 Å². The van der Waals surface area contributed by atoms with Crippen LogP contribution < -0.4 is 4.74 Å². The molecule has 6 aromatic carbocycles. The molecule has 7 heterocycles. The van der Waals surface area contributed by atoms with Crippen LogP contribution in [0.2, 0.25) is 0 Å². The van der Waals surface area contributed by atoms with Gasteiger partial charge in [-0.15, -0.1) is 11.3 Å². The van der Waals surface area contributed by atoms with Crippen LogP contribution in [0.4, 0.5) is 0 Å². The summed E-state index contributed by atoms with van der Waals surface area (Å²) in [6.45, 7) is 5.43. The van der Waals surface area contributed by atoms with Crippen LogP contribution >= 0.6 is 171 Å². The molecule has 0 atom stereocenters. The van der Waals surface area contributed by atoms with Crippen molar-refractivity contribution in [1.82, 2.24) is 49.9 Å². The highest BCUT2D eigenvalue weighted by atomic mass is 79.9. The highest BCUT2D eigenvalue weighted by Crippen LogP contribution is 2.25. The Morgan fingerprint density at radius 1 is 0.545 bits per heavy atom. The molecule has 0 saturated carbocycles. The van der Waals surface area contributed by atoms with Gasteiger partial charge in [0.15, 0.2) is 8.59 Å². The van der Waals surface area contributed by atoms with Gasteiger partial charge < -0.3 is 18.3 Å². The van der Waals surface area contributed by atoms with Crippen molar-refractivity contribution in [3.05, 3.63) is 276 Å². The number of ether oxygens (including phenoxy) is 2. The van der Waals surface area contributed by atoms with Gasteiger partial charge in [-0.3, -0.25) is 9.67 Å². The summed E-state index contributed by atoms with van der Waals surface area (Å²) in [5.74, 6) is 0.662. The van der Waals surface area contributed by atoms with Crippen LogP contribution in [-0.2, 0) is 11.8 Å². The lowest BCUT2D eigenvalue weighted by Gasteiger charge is -2.18. The molecular weight excluding hydrogens is 1800 g/mol. The van der Waals surface area contributed by atoms with Gasteiger partial charge in [-0.1, -0.05) is 127 Å². The Kier molecular flexibility index (Phi) is 36.5. The van der Waals surface area contributed by atoms with Crippen LogP contribution in [0.5, 0.6) is 5.75 Å². The molecule has 0 fully saturated rings. The van der Waals surface area contributed by atoms with Crippen molar-refractivity contribution in [2.24, 2.45) is 7.05 Å². The number of hydrogen-bond acceptors (Lipinski definition) is 15. The third-order valence-electron chi connectivity index (χ3n) is 9.72. The molecule has 0 aliphatic heterocycles.